The van der Waals surface area contributed by atoms with Gasteiger partial charge in [-0.25, -0.2) is 9.18 Å². The second-order valence-electron chi connectivity index (χ2n) is 6.81. The van der Waals surface area contributed by atoms with Crippen LogP contribution in [0.5, 0.6) is 0 Å². The Morgan fingerprint density at radius 2 is 2.17 bits per heavy atom. The molecule has 1 aliphatic heterocycles. The summed E-state index contributed by atoms with van der Waals surface area (Å²) in [6.45, 7) is 6.69. The second-order valence-corrected chi connectivity index (χ2v) is 7.21. The fourth-order valence-electron chi connectivity index (χ4n) is 2.64. The van der Waals surface area contributed by atoms with Gasteiger partial charge in [-0.15, -0.1) is 0 Å². The first-order valence-corrected chi connectivity index (χ1v) is 8.33. The molecule has 1 aromatic carbocycles. The zero-order chi connectivity index (χ0) is 17.0. The van der Waals surface area contributed by atoms with Gasteiger partial charge in [0.2, 0.25) is 0 Å². The summed E-state index contributed by atoms with van der Waals surface area (Å²) in [5, 5.41) is 3.15. The molecule has 1 amide bonds. The van der Waals surface area contributed by atoms with E-state index >= 15 is 0 Å². The number of anilines is 1. The minimum atomic E-state index is -0.522. The van der Waals surface area contributed by atoms with Crippen molar-refractivity contribution in [2.45, 2.75) is 51.7 Å². The zero-order valence-corrected chi connectivity index (χ0v) is 14.6. The third-order valence-corrected chi connectivity index (χ3v) is 4.03. The van der Waals surface area contributed by atoms with Crippen LogP contribution in [0.2, 0.25) is 5.02 Å². The van der Waals surface area contributed by atoms with Crippen molar-refractivity contribution < 1.29 is 13.9 Å². The Labute approximate surface area is 141 Å². The van der Waals surface area contributed by atoms with Crippen molar-refractivity contribution >= 4 is 23.4 Å². The summed E-state index contributed by atoms with van der Waals surface area (Å²) < 4.78 is 19.4. The van der Waals surface area contributed by atoms with Crippen LogP contribution in [0, 0.1) is 5.82 Å². The third-order valence-electron chi connectivity index (χ3n) is 3.73. The van der Waals surface area contributed by atoms with Gasteiger partial charge < -0.3 is 15.0 Å². The van der Waals surface area contributed by atoms with Gasteiger partial charge in [0.15, 0.2) is 5.82 Å². The number of rotatable bonds is 3. The van der Waals surface area contributed by atoms with Crippen LogP contribution in [0.1, 0.15) is 40.0 Å². The molecule has 1 saturated heterocycles. The smallest absolute Gasteiger partial charge is 0.410 e. The van der Waals surface area contributed by atoms with Crippen molar-refractivity contribution in [1.82, 2.24) is 4.90 Å². The Morgan fingerprint density at radius 3 is 2.87 bits per heavy atom. The number of likely N-dealkylation sites (tertiary alicyclic amines) is 1. The highest BCUT2D eigenvalue weighted by Gasteiger charge is 2.30. The van der Waals surface area contributed by atoms with Gasteiger partial charge >= 0.3 is 6.09 Å². The molecule has 128 valence electrons. The van der Waals surface area contributed by atoms with Crippen molar-refractivity contribution in [3.8, 4) is 0 Å². The molecule has 0 aliphatic carbocycles. The zero-order valence-electron chi connectivity index (χ0n) is 13.9. The fourth-order valence-corrected chi connectivity index (χ4v) is 2.82. The highest BCUT2D eigenvalue weighted by atomic mass is 35.5. The van der Waals surface area contributed by atoms with Crippen LogP contribution in [0.4, 0.5) is 14.9 Å². The summed E-state index contributed by atoms with van der Waals surface area (Å²) in [5.74, 6) is -0.464. The average molecular weight is 343 g/mol. The molecule has 23 heavy (non-hydrogen) atoms. The Kier molecular flexibility index (Phi) is 5.74. The predicted molar refractivity (Wildman–Crippen MR) is 90.5 cm³/mol. The number of nitrogens with zero attached hydrogens (tertiary/aromatic N) is 1. The standard InChI is InChI=1S/C17H24ClFN2O2/c1-17(2,3)23-16(22)21-10-5-4-7-12(21)11-20-14-9-6-8-13(18)15(14)19/h6,8-9,12,20H,4-5,7,10-11H2,1-3H3. The number of ether oxygens (including phenoxy) is 1. The van der Waals surface area contributed by atoms with Crippen molar-refractivity contribution in [2.24, 2.45) is 0 Å². The molecule has 0 saturated carbocycles. The number of halogens is 2. The number of benzene rings is 1. The molecule has 1 unspecified atom stereocenters. The van der Waals surface area contributed by atoms with Gasteiger partial charge in [-0.1, -0.05) is 17.7 Å². The predicted octanol–water partition coefficient (Wildman–Crippen LogP) is 4.68. The van der Waals surface area contributed by atoms with Gasteiger partial charge in [0.1, 0.15) is 5.60 Å². The normalized spacial score (nSPS) is 18.7. The highest BCUT2D eigenvalue weighted by Crippen LogP contribution is 2.24. The number of piperidine rings is 1. The lowest BCUT2D eigenvalue weighted by Crippen LogP contribution is -2.48. The number of hydrogen-bond donors (Lipinski definition) is 1. The summed E-state index contributed by atoms with van der Waals surface area (Å²) in [4.78, 5) is 14.1. The van der Waals surface area contributed by atoms with E-state index in [0.29, 0.717) is 18.8 Å². The molecule has 0 aromatic heterocycles. The molecule has 0 bridgehead atoms. The number of carbonyl (C=O) groups is 1. The molecule has 1 atom stereocenters. The molecule has 1 fully saturated rings. The van der Waals surface area contributed by atoms with Crippen molar-refractivity contribution in [2.75, 3.05) is 18.4 Å². The highest BCUT2D eigenvalue weighted by molar-refractivity contribution is 6.31. The Morgan fingerprint density at radius 1 is 1.43 bits per heavy atom. The Hall–Kier alpha value is -1.49. The first-order valence-electron chi connectivity index (χ1n) is 7.95. The van der Waals surface area contributed by atoms with E-state index in [0.717, 1.165) is 19.3 Å². The largest absolute Gasteiger partial charge is 0.444 e. The molecule has 1 aliphatic rings. The van der Waals surface area contributed by atoms with Crippen LogP contribution < -0.4 is 5.32 Å². The van der Waals surface area contributed by atoms with Gasteiger partial charge in [-0.3, -0.25) is 0 Å². The van der Waals surface area contributed by atoms with Gasteiger partial charge in [-0.05, 0) is 52.2 Å². The molecule has 1 aromatic rings. The maximum absolute atomic E-state index is 13.9. The maximum Gasteiger partial charge on any atom is 0.410 e. The molecular formula is C17H24ClFN2O2. The molecule has 0 spiro atoms. The quantitative estimate of drug-likeness (QED) is 0.867. The van der Waals surface area contributed by atoms with Crippen molar-refractivity contribution in [1.29, 1.82) is 0 Å². The van der Waals surface area contributed by atoms with E-state index < -0.39 is 11.4 Å². The van der Waals surface area contributed by atoms with E-state index in [1.165, 1.54) is 6.07 Å². The lowest BCUT2D eigenvalue weighted by atomic mass is 10.0. The summed E-state index contributed by atoms with van der Waals surface area (Å²) in [7, 11) is 0. The van der Waals surface area contributed by atoms with E-state index in [-0.39, 0.29) is 17.2 Å². The molecule has 2 rings (SSSR count). The van der Waals surface area contributed by atoms with Crippen LogP contribution in [-0.4, -0.2) is 35.7 Å². The molecule has 4 nitrogen and oxygen atoms in total. The van der Waals surface area contributed by atoms with Crippen molar-refractivity contribution in [3.05, 3.63) is 29.0 Å². The molecule has 1 N–H and O–H groups in total. The van der Waals surface area contributed by atoms with E-state index in [4.69, 9.17) is 16.3 Å². The third kappa shape index (κ3) is 4.99. The monoisotopic (exact) mass is 342 g/mol. The maximum atomic E-state index is 13.9. The minimum Gasteiger partial charge on any atom is -0.444 e. The van der Waals surface area contributed by atoms with E-state index in [1.807, 2.05) is 20.8 Å². The van der Waals surface area contributed by atoms with Crippen LogP contribution in [-0.2, 0) is 4.74 Å². The average Bonchev–Trinajstić information content (AvgIpc) is 2.47. The lowest BCUT2D eigenvalue weighted by Gasteiger charge is -2.37. The summed E-state index contributed by atoms with van der Waals surface area (Å²) in [6, 6.07) is 4.83. The Balaban J connectivity index is 2.01. The van der Waals surface area contributed by atoms with Crippen LogP contribution >= 0.6 is 11.6 Å². The van der Waals surface area contributed by atoms with Gasteiger partial charge in [-0.2, -0.15) is 0 Å². The SMILES string of the molecule is CC(C)(C)OC(=O)N1CCCCC1CNc1cccc(Cl)c1F. The first kappa shape index (κ1) is 17.9. The van der Waals surface area contributed by atoms with Crippen LogP contribution in [0.3, 0.4) is 0 Å². The topological polar surface area (TPSA) is 41.6 Å². The molecular weight excluding hydrogens is 319 g/mol. The van der Waals surface area contributed by atoms with E-state index in [1.54, 1.807) is 17.0 Å². The lowest BCUT2D eigenvalue weighted by molar-refractivity contribution is 0.0114. The van der Waals surface area contributed by atoms with Crippen LogP contribution in [0.25, 0.3) is 0 Å². The molecule has 6 heteroatoms. The summed E-state index contributed by atoms with van der Waals surface area (Å²) in [5.41, 5.74) is -0.168. The fraction of sp³-hybridized carbons (Fsp3) is 0.588. The second kappa shape index (κ2) is 7.39. The van der Waals surface area contributed by atoms with Gasteiger partial charge in [0.05, 0.1) is 16.8 Å². The van der Waals surface area contributed by atoms with E-state index in [2.05, 4.69) is 5.32 Å². The summed E-state index contributed by atoms with van der Waals surface area (Å²) in [6.07, 6.45) is 2.56. The number of hydrogen-bond acceptors (Lipinski definition) is 3. The van der Waals surface area contributed by atoms with E-state index in [9.17, 15) is 9.18 Å². The number of carbonyl (C=O) groups excluding carboxylic acids is 1. The van der Waals surface area contributed by atoms with Gasteiger partial charge in [0, 0.05) is 13.1 Å². The van der Waals surface area contributed by atoms with Gasteiger partial charge in [0.25, 0.3) is 0 Å². The minimum absolute atomic E-state index is 0.0167. The summed E-state index contributed by atoms with van der Waals surface area (Å²) >= 11 is 5.79. The van der Waals surface area contributed by atoms with Crippen LogP contribution in [0.15, 0.2) is 18.2 Å². The van der Waals surface area contributed by atoms with Crippen molar-refractivity contribution in [3.63, 3.8) is 0 Å². The molecule has 0 radical (unpaired) electrons. The number of amides is 1. The number of nitrogens with one attached hydrogen (secondary N) is 1. The Bertz CT molecular complexity index is 560. The molecule has 1 heterocycles. The first-order chi connectivity index (χ1) is 10.8.